The number of halogens is 2. The second-order valence-corrected chi connectivity index (χ2v) is 6.13. The summed E-state index contributed by atoms with van der Waals surface area (Å²) in [7, 11) is 0. The van der Waals surface area contributed by atoms with E-state index in [1.807, 2.05) is 13.8 Å². The summed E-state index contributed by atoms with van der Waals surface area (Å²) in [6.45, 7) is 4.05. The van der Waals surface area contributed by atoms with Gasteiger partial charge in [0.1, 0.15) is 11.4 Å². The first-order chi connectivity index (χ1) is 10.2. The van der Waals surface area contributed by atoms with Gasteiger partial charge in [0, 0.05) is 13.1 Å². The molecule has 1 fully saturated rings. The number of phenols is 1. The van der Waals surface area contributed by atoms with Gasteiger partial charge in [0.2, 0.25) is 0 Å². The molecule has 22 heavy (non-hydrogen) atoms. The number of likely N-dealkylation sites (tertiary alicyclic amines) is 1. The van der Waals surface area contributed by atoms with Crippen molar-refractivity contribution in [2.45, 2.75) is 44.6 Å². The Hall–Kier alpha value is -1.69. The van der Waals surface area contributed by atoms with E-state index in [2.05, 4.69) is 0 Å². The number of aliphatic hydroxyl groups is 1. The van der Waals surface area contributed by atoms with E-state index in [1.165, 1.54) is 4.90 Å². The number of carbonyl (C=O) groups is 1. The highest BCUT2D eigenvalue weighted by atomic mass is 19.3. The van der Waals surface area contributed by atoms with Crippen LogP contribution in [0.5, 0.6) is 5.75 Å². The average Bonchev–Trinajstić information content (AvgIpc) is 2.47. The SMILES string of the molecule is CC(C)c1ccc(C(=O)N2CCC(O)(C(F)F)CC2)c(O)c1. The molecule has 2 N–H and O–H groups in total. The molecule has 1 aliphatic rings. The quantitative estimate of drug-likeness (QED) is 0.902. The van der Waals surface area contributed by atoms with Gasteiger partial charge in [0.05, 0.1) is 5.56 Å². The highest BCUT2D eigenvalue weighted by molar-refractivity contribution is 5.97. The van der Waals surface area contributed by atoms with E-state index in [9.17, 15) is 23.8 Å². The highest BCUT2D eigenvalue weighted by Crippen LogP contribution is 2.31. The van der Waals surface area contributed by atoms with Crippen LogP contribution in [0.2, 0.25) is 0 Å². The molecule has 0 aromatic heterocycles. The van der Waals surface area contributed by atoms with Gasteiger partial charge in [-0.1, -0.05) is 19.9 Å². The number of amides is 1. The molecule has 1 heterocycles. The van der Waals surface area contributed by atoms with E-state index in [1.54, 1.807) is 18.2 Å². The van der Waals surface area contributed by atoms with Crippen LogP contribution in [-0.2, 0) is 0 Å². The summed E-state index contributed by atoms with van der Waals surface area (Å²) >= 11 is 0. The van der Waals surface area contributed by atoms with Crippen LogP contribution in [0.3, 0.4) is 0 Å². The number of nitrogens with zero attached hydrogens (tertiary/aromatic N) is 1. The maximum atomic E-state index is 12.7. The zero-order valence-electron chi connectivity index (χ0n) is 12.7. The lowest BCUT2D eigenvalue weighted by atomic mass is 9.91. The van der Waals surface area contributed by atoms with E-state index in [0.717, 1.165) is 5.56 Å². The molecule has 0 saturated carbocycles. The minimum Gasteiger partial charge on any atom is -0.507 e. The lowest BCUT2D eigenvalue weighted by Gasteiger charge is -2.37. The van der Waals surface area contributed by atoms with Crippen LogP contribution in [-0.4, -0.2) is 46.1 Å². The topological polar surface area (TPSA) is 60.8 Å². The molecule has 1 amide bonds. The van der Waals surface area contributed by atoms with Crippen molar-refractivity contribution < 1.29 is 23.8 Å². The Morgan fingerprint density at radius 2 is 1.86 bits per heavy atom. The zero-order valence-corrected chi connectivity index (χ0v) is 12.7. The monoisotopic (exact) mass is 313 g/mol. The molecule has 1 saturated heterocycles. The molecule has 4 nitrogen and oxygen atoms in total. The lowest BCUT2D eigenvalue weighted by molar-refractivity contribution is -0.122. The highest BCUT2D eigenvalue weighted by Gasteiger charge is 2.41. The second kappa shape index (κ2) is 6.20. The smallest absolute Gasteiger partial charge is 0.266 e. The van der Waals surface area contributed by atoms with Crippen LogP contribution >= 0.6 is 0 Å². The Kier molecular flexibility index (Phi) is 4.70. The minimum absolute atomic E-state index is 0.0467. The van der Waals surface area contributed by atoms with Gasteiger partial charge in [-0.2, -0.15) is 0 Å². The molecule has 122 valence electrons. The van der Waals surface area contributed by atoms with Crippen LogP contribution in [0.25, 0.3) is 0 Å². The van der Waals surface area contributed by atoms with Crippen molar-refractivity contribution in [3.05, 3.63) is 29.3 Å². The van der Waals surface area contributed by atoms with E-state index < -0.39 is 17.9 Å². The van der Waals surface area contributed by atoms with Crippen molar-refractivity contribution in [1.29, 1.82) is 0 Å². The van der Waals surface area contributed by atoms with Gasteiger partial charge in [0.25, 0.3) is 12.3 Å². The molecule has 0 atom stereocenters. The van der Waals surface area contributed by atoms with E-state index >= 15 is 0 Å². The summed E-state index contributed by atoms with van der Waals surface area (Å²) < 4.78 is 25.5. The van der Waals surface area contributed by atoms with Gasteiger partial charge in [-0.05, 0) is 36.5 Å². The van der Waals surface area contributed by atoms with Crippen LogP contribution < -0.4 is 0 Å². The normalized spacial score (nSPS) is 18.0. The third-order valence-electron chi connectivity index (χ3n) is 4.24. The molecule has 0 radical (unpaired) electrons. The Morgan fingerprint density at radius 3 is 2.32 bits per heavy atom. The molecular weight excluding hydrogens is 292 g/mol. The predicted molar refractivity (Wildman–Crippen MR) is 78.3 cm³/mol. The van der Waals surface area contributed by atoms with Gasteiger partial charge in [-0.15, -0.1) is 0 Å². The van der Waals surface area contributed by atoms with Gasteiger partial charge < -0.3 is 15.1 Å². The Balaban J connectivity index is 2.10. The number of piperidine rings is 1. The third-order valence-corrected chi connectivity index (χ3v) is 4.24. The first kappa shape index (κ1) is 16.7. The minimum atomic E-state index is -2.82. The first-order valence-electron chi connectivity index (χ1n) is 7.37. The number of hydrogen-bond donors (Lipinski definition) is 2. The molecule has 6 heteroatoms. The number of benzene rings is 1. The van der Waals surface area contributed by atoms with E-state index in [-0.39, 0.29) is 43.2 Å². The largest absolute Gasteiger partial charge is 0.507 e. The summed E-state index contributed by atoms with van der Waals surface area (Å²) in [5, 5.41) is 19.7. The number of phenolic OH excluding ortho intramolecular Hbond substituents is 1. The predicted octanol–water partition coefficient (Wildman–Crippen LogP) is 2.75. The molecule has 1 aliphatic heterocycles. The lowest BCUT2D eigenvalue weighted by Crippen LogP contribution is -2.50. The standard InChI is InChI=1S/C16H21F2NO3/c1-10(2)11-3-4-12(13(20)9-11)14(21)19-7-5-16(22,6-8-19)15(17)18/h3-4,9-10,15,20,22H,5-8H2,1-2H3. The van der Waals surface area contributed by atoms with Crippen LogP contribution in [0.15, 0.2) is 18.2 Å². The Bertz CT molecular complexity index is 552. The number of rotatable bonds is 3. The summed E-state index contributed by atoms with van der Waals surface area (Å²) in [6, 6.07) is 4.88. The van der Waals surface area contributed by atoms with E-state index in [4.69, 9.17) is 0 Å². The fraction of sp³-hybridized carbons (Fsp3) is 0.562. The summed E-state index contributed by atoms with van der Waals surface area (Å²) in [5.41, 5.74) is -0.938. The maximum absolute atomic E-state index is 12.7. The summed E-state index contributed by atoms with van der Waals surface area (Å²) in [6.07, 6.45) is -3.15. The maximum Gasteiger partial charge on any atom is 0.266 e. The molecular formula is C16H21F2NO3. The van der Waals surface area contributed by atoms with Crippen molar-refractivity contribution in [3.8, 4) is 5.75 Å². The third kappa shape index (κ3) is 3.21. The van der Waals surface area contributed by atoms with Gasteiger partial charge in [-0.3, -0.25) is 4.79 Å². The fourth-order valence-corrected chi connectivity index (χ4v) is 2.57. The Labute approximate surface area is 128 Å². The first-order valence-corrected chi connectivity index (χ1v) is 7.37. The van der Waals surface area contributed by atoms with Crippen molar-refractivity contribution >= 4 is 5.91 Å². The van der Waals surface area contributed by atoms with Gasteiger partial charge >= 0.3 is 0 Å². The molecule has 0 bridgehead atoms. The van der Waals surface area contributed by atoms with Gasteiger partial charge in [0.15, 0.2) is 0 Å². The zero-order chi connectivity index (χ0) is 16.5. The van der Waals surface area contributed by atoms with Gasteiger partial charge in [-0.25, -0.2) is 8.78 Å². The van der Waals surface area contributed by atoms with Crippen molar-refractivity contribution in [2.24, 2.45) is 0 Å². The molecule has 1 aromatic rings. The molecule has 0 unspecified atom stereocenters. The molecule has 2 rings (SSSR count). The molecule has 0 aliphatic carbocycles. The van der Waals surface area contributed by atoms with Crippen molar-refractivity contribution in [1.82, 2.24) is 4.90 Å². The van der Waals surface area contributed by atoms with E-state index in [0.29, 0.717) is 0 Å². The number of carbonyl (C=O) groups excluding carboxylic acids is 1. The summed E-state index contributed by atoms with van der Waals surface area (Å²) in [4.78, 5) is 13.8. The van der Waals surface area contributed by atoms with Crippen molar-refractivity contribution in [2.75, 3.05) is 13.1 Å². The molecule has 0 spiro atoms. The Morgan fingerprint density at radius 1 is 1.27 bits per heavy atom. The van der Waals surface area contributed by atoms with Crippen molar-refractivity contribution in [3.63, 3.8) is 0 Å². The van der Waals surface area contributed by atoms with Crippen LogP contribution in [0.1, 0.15) is 48.5 Å². The second-order valence-electron chi connectivity index (χ2n) is 6.13. The number of alkyl halides is 2. The molecule has 1 aromatic carbocycles. The van der Waals surface area contributed by atoms with Crippen LogP contribution in [0, 0.1) is 0 Å². The fourth-order valence-electron chi connectivity index (χ4n) is 2.57. The van der Waals surface area contributed by atoms with Crippen LogP contribution in [0.4, 0.5) is 8.78 Å². The number of aromatic hydroxyl groups is 1. The summed E-state index contributed by atoms with van der Waals surface area (Å²) in [5.74, 6) is -0.277. The average molecular weight is 313 g/mol. The number of hydrogen-bond acceptors (Lipinski definition) is 3.